The number of hydrogen-bond acceptors (Lipinski definition) is 8. The number of aliphatic hydroxyl groups is 1. The van der Waals surface area contributed by atoms with Gasteiger partial charge in [0.05, 0.1) is 24.4 Å². The molecule has 0 radical (unpaired) electrons. The number of nitrogens with zero attached hydrogens (tertiary/aromatic N) is 2. The number of ketones is 1. The monoisotopic (exact) mass is 590 g/mol. The highest BCUT2D eigenvalue weighted by atomic mass is 19.4. The predicted octanol–water partition coefficient (Wildman–Crippen LogP) is 5.61. The first-order valence-electron chi connectivity index (χ1n) is 13.6. The van der Waals surface area contributed by atoms with Crippen LogP contribution >= 0.6 is 0 Å². The zero-order valence-corrected chi connectivity index (χ0v) is 24.7. The van der Waals surface area contributed by atoms with E-state index in [1.54, 1.807) is 27.7 Å². The zero-order chi connectivity index (χ0) is 31.2. The number of ether oxygens (including phenoxy) is 2. The molecule has 0 spiro atoms. The summed E-state index contributed by atoms with van der Waals surface area (Å²) in [7, 11) is 0. The zero-order valence-electron chi connectivity index (χ0n) is 24.7. The molecule has 0 amide bonds. The lowest BCUT2D eigenvalue weighted by atomic mass is 10.0. The van der Waals surface area contributed by atoms with Crippen molar-refractivity contribution in [1.29, 1.82) is 0 Å². The van der Waals surface area contributed by atoms with E-state index in [9.17, 15) is 27.9 Å². The Bertz CT molecular complexity index is 1370. The molecule has 0 aliphatic carbocycles. The largest absolute Gasteiger partial charge is 0.476 e. The highest BCUT2D eigenvalue weighted by molar-refractivity contribution is 5.81. The Morgan fingerprint density at radius 2 is 1.67 bits per heavy atom. The van der Waals surface area contributed by atoms with Crippen LogP contribution in [0.5, 0.6) is 5.75 Å². The normalized spacial score (nSPS) is 12.1. The minimum Gasteiger partial charge on any atom is -0.476 e. The number of carbonyl (C=O) groups excluding carboxylic acids is 2. The van der Waals surface area contributed by atoms with E-state index in [0.29, 0.717) is 42.3 Å². The minimum atomic E-state index is -4.44. The number of benzene rings is 2. The van der Waals surface area contributed by atoms with Gasteiger partial charge in [0, 0.05) is 25.1 Å². The number of aryl methyl sites for hydroxylation is 3. The Balaban J connectivity index is 1.76. The first kappa shape index (κ1) is 32.8. The Morgan fingerprint density at radius 1 is 1.05 bits per heavy atom. The molecule has 0 aliphatic heterocycles. The van der Waals surface area contributed by atoms with E-state index in [1.807, 2.05) is 30.9 Å². The lowest BCUT2D eigenvalue weighted by Crippen LogP contribution is -2.40. The van der Waals surface area contributed by atoms with E-state index in [4.69, 9.17) is 13.9 Å². The Kier molecular flexibility index (Phi) is 10.6. The van der Waals surface area contributed by atoms with E-state index >= 15 is 0 Å². The van der Waals surface area contributed by atoms with Gasteiger partial charge in [-0.15, -0.1) is 0 Å². The van der Waals surface area contributed by atoms with Gasteiger partial charge in [-0.05, 0) is 82.5 Å². The number of halogens is 3. The fourth-order valence-electron chi connectivity index (χ4n) is 4.51. The van der Waals surface area contributed by atoms with Crippen LogP contribution in [0.2, 0.25) is 0 Å². The van der Waals surface area contributed by atoms with Gasteiger partial charge in [0.1, 0.15) is 18.1 Å². The summed E-state index contributed by atoms with van der Waals surface area (Å²) in [5, 5.41) is 9.37. The molecule has 0 atom stereocenters. The summed E-state index contributed by atoms with van der Waals surface area (Å²) in [6, 6.07) is 8.43. The molecular weight excluding hydrogens is 553 g/mol. The van der Waals surface area contributed by atoms with Crippen LogP contribution in [0, 0.1) is 20.8 Å². The van der Waals surface area contributed by atoms with Crippen LogP contribution in [-0.2, 0) is 33.5 Å². The molecule has 3 aromatic rings. The number of aromatic nitrogens is 1. The molecule has 3 rings (SSSR count). The average Bonchev–Trinajstić information content (AvgIpc) is 3.29. The number of alkyl halides is 3. The Morgan fingerprint density at radius 3 is 2.21 bits per heavy atom. The van der Waals surface area contributed by atoms with Crippen LogP contribution < -0.4 is 4.74 Å². The third-order valence-electron chi connectivity index (χ3n) is 6.64. The van der Waals surface area contributed by atoms with Crippen molar-refractivity contribution in [2.24, 2.45) is 0 Å². The van der Waals surface area contributed by atoms with Crippen molar-refractivity contribution in [2.45, 2.75) is 66.3 Å². The summed E-state index contributed by atoms with van der Waals surface area (Å²) >= 11 is 0. The summed E-state index contributed by atoms with van der Waals surface area (Å²) in [5.74, 6) is 0.495. The summed E-state index contributed by atoms with van der Waals surface area (Å²) in [6.45, 7) is 10.9. The molecule has 0 aliphatic rings. The van der Waals surface area contributed by atoms with Gasteiger partial charge in [-0.2, -0.15) is 13.2 Å². The molecule has 8 nitrogen and oxygen atoms in total. The second-order valence-corrected chi connectivity index (χ2v) is 10.6. The number of aliphatic hydroxyl groups excluding tert-OH is 1. The second kappa shape index (κ2) is 13.5. The molecule has 2 aromatic carbocycles. The van der Waals surface area contributed by atoms with Gasteiger partial charge in [0.2, 0.25) is 5.89 Å². The maximum Gasteiger partial charge on any atom is 0.416 e. The van der Waals surface area contributed by atoms with Crippen molar-refractivity contribution in [1.82, 2.24) is 9.88 Å². The fourth-order valence-corrected chi connectivity index (χ4v) is 4.51. The quantitative estimate of drug-likeness (QED) is 0.256. The van der Waals surface area contributed by atoms with Crippen LogP contribution in [-0.4, -0.2) is 58.6 Å². The number of carbonyl (C=O) groups is 2. The van der Waals surface area contributed by atoms with Crippen molar-refractivity contribution in [3.63, 3.8) is 0 Å². The fraction of sp³-hybridized carbons (Fsp3) is 0.452. The number of oxazole rings is 1. The summed E-state index contributed by atoms with van der Waals surface area (Å²) in [5.41, 5.74) is 1.62. The highest BCUT2D eigenvalue weighted by Gasteiger charge is 2.33. The van der Waals surface area contributed by atoms with Gasteiger partial charge in [0.25, 0.3) is 0 Å². The standard InChI is InChI=1S/C31H37F3N2O6/c1-7-40-29(39)30(5,6)42-27-19(2)14-22(15-20(27)3)16-36(17-25(38)18-37)13-12-26-21(4)41-28(35-26)23-8-10-24(11-9-23)31(32,33)34/h8-11,14-15,37H,7,12-13,16-18H2,1-6H3. The van der Waals surface area contributed by atoms with E-state index in [2.05, 4.69) is 4.98 Å². The number of rotatable bonds is 13. The van der Waals surface area contributed by atoms with Crippen LogP contribution in [0.4, 0.5) is 13.2 Å². The van der Waals surface area contributed by atoms with E-state index in [1.165, 1.54) is 12.1 Å². The highest BCUT2D eigenvalue weighted by Crippen LogP contribution is 2.32. The van der Waals surface area contributed by atoms with Gasteiger partial charge in [-0.25, -0.2) is 9.78 Å². The molecular formula is C31H37F3N2O6. The van der Waals surface area contributed by atoms with E-state index < -0.39 is 29.9 Å². The SMILES string of the molecule is CCOC(=O)C(C)(C)Oc1c(C)cc(CN(CCc2nc(-c3ccc(C(F)(F)F)cc3)oc2C)CC(=O)CO)cc1C. The maximum atomic E-state index is 12.9. The van der Waals surface area contributed by atoms with Gasteiger partial charge in [-0.3, -0.25) is 9.69 Å². The molecule has 228 valence electrons. The van der Waals surface area contributed by atoms with Crippen molar-refractivity contribution in [3.8, 4) is 17.2 Å². The van der Waals surface area contributed by atoms with Crippen LogP contribution in [0.25, 0.3) is 11.5 Å². The van der Waals surface area contributed by atoms with Gasteiger partial charge < -0.3 is 19.0 Å². The number of hydrogen-bond donors (Lipinski definition) is 1. The maximum absolute atomic E-state index is 12.9. The molecule has 1 aromatic heterocycles. The molecule has 11 heteroatoms. The van der Waals surface area contributed by atoms with Crippen molar-refractivity contribution >= 4 is 11.8 Å². The van der Waals surface area contributed by atoms with E-state index in [-0.39, 0.29) is 24.8 Å². The lowest BCUT2D eigenvalue weighted by Gasteiger charge is -2.27. The molecule has 0 unspecified atom stereocenters. The summed E-state index contributed by atoms with van der Waals surface area (Å²) < 4.78 is 55.7. The molecule has 0 saturated carbocycles. The predicted molar refractivity (Wildman–Crippen MR) is 150 cm³/mol. The molecule has 0 saturated heterocycles. The first-order chi connectivity index (χ1) is 19.6. The first-order valence-corrected chi connectivity index (χ1v) is 13.6. The smallest absolute Gasteiger partial charge is 0.416 e. The van der Waals surface area contributed by atoms with E-state index in [0.717, 1.165) is 28.8 Å². The van der Waals surface area contributed by atoms with Gasteiger partial charge in [-0.1, -0.05) is 12.1 Å². The molecule has 0 fully saturated rings. The molecule has 42 heavy (non-hydrogen) atoms. The summed E-state index contributed by atoms with van der Waals surface area (Å²) in [6.07, 6.45) is -4.03. The summed E-state index contributed by atoms with van der Waals surface area (Å²) in [4.78, 5) is 30.9. The third kappa shape index (κ3) is 8.42. The van der Waals surface area contributed by atoms with Crippen LogP contribution in [0.3, 0.4) is 0 Å². The molecule has 1 heterocycles. The van der Waals surface area contributed by atoms with Gasteiger partial charge in [0.15, 0.2) is 11.4 Å². The molecule has 1 N–H and O–H groups in total. The second-order valence-electron chi connectivity index (χ2n) is 10.6. The van der Waals surface area contributed by atoms with Crippen LogP contribution in [0.15, 0.2) is 40.8 Å². The average molecular weight is 591 g/mol. The topological polar surface area (TPSA) is 102 Å². The van der Waals surface area contributed by atoms with Crippen molar-refractivity contribution in [3.05, 3.63) is 70.1 Å². The Labute approximate surface area is 243 Å². The number of esters is 1. The third-order valence-corrected chi connectivity index (χ3v) is 6.64. The van der Waals surface area contributed by atoms with Gasteiger partial charge >= 0.3 is 12.1 Å². The minimum absolute atomic E-state index is 0.00535. The number of Topliss-reactive ketones (excluding diaryl/α,β-unsaturated/α-hetero) is 1. The molecule has 0 bridgehead atoms. The van der Waals surface area contributed by atoms with Crippen molar-refractivity contribution in [2.75, 3.05) is 26.3 Å². The lowest BCUT2D eigenvalue weighted by molar-refractivity contribution is -0.158. The van der Waals surface area contributed by atoms with Crippen molar-refractivity contribution < 1.29 is 41.8 Å². The van der Waals surface area contributed by atoms with Crippen LogP contribution in [0.1, 0.15) is 54.5 Å². The Hall–Kier alpha value is -3.70.